The standard InChI is InChI=1S/C19H26N4O2.C17H20N4O3/c1-19(2,3)18-21-17(22-25-18)15-9-16(14(10-20-15)12-5-6-12)24-13-7-8-23(4)11-13;18-17(8-22-9-17)16-20-15(21-24-16)13-5-14(23-7-10-1-2-10)12(6-19-13)11-3-4-11/h9-10,12-13H,5-8,11H2,1-4H3;5-6,10-11H,1-4,7-9,18H2. The molecule has 1 atom stereocenters. The number of ether oxygens (including phenoxy) is 3. The molecule has 260 valence electrons. The van der Waals surface area contributed by atoms with Gasteiger partial charge in [0.2, 0.25) is 17.5 Å². The predicted molar refractivity (Wildman–Crippen MR) is 179 cm³/mol. The molecule has 2 aliphatic heterocycles. The maximum atomic E-state index is 6.35. The summed E-state index contributed by atoms with van der Waals surface area (Å²) in [4.78, 5) is 20.3. The Hall–Kier alpha value is -3.94. The van der Waals surface area contributed by atoms with Gasteiger partial charge in [0.15, 0.2) is 0 Å². The number of aromatic nitrogens is 6. The van der Waals surface area contributed by atoms with Crippen molar-refractivity contribution >= 4 is 0 Å². The van der Waals surface area contributed by atoms with Crippen molar-refractivity contribution in [3.63, 3.8) is 0 Å². The van der Waals surface area contributed by atoms with Gasteiger partial charge in [0.05, 0.1) is 19.8 Å². The first-order chi connectivity index (χ1) is 23.6. The predicted octanol–water partition coefficient (Wildman–Crippen LogP) is 5.37. The van der Waals surface area contributed by atoms with Crippen LogP contribution in [-0.4, -0.2) is 81.2 Å². The Balaban J connectivity index is 0.000000142. The third-order valence-corrected chi connectivity index (χ3v) is 9.73. The average Bonchev–Trinajstić information content (AvgIpc) is 4.04. The third-order valence-electron chi connectivity index (χ3n) is 9.73. The number of likely N-dealkylation sites (tertiary alicyclic amines) is 1. The van der Waals surface area contributed by atoms with Gasteiger partial charge >= 0.3 is 0 Å². The van der Waals surface area contributed by atoms with Gasteiger partial charge in [0.1, 0.15) is 34.5 Å². The Labute approximate surface area is 286 Å². The van der Waals surface area contributed by atoms with Gasteiger partial charge in [-0.25, -0.2) is 0 Å². The highest BCUT2D eigenvalue weighted by Gasteiger charge is 2.42. The van der Waals surface area contributed by atoms with E-state index in [4.69, 9.17) is 29.0 Å². The summed E-state index contributed by atoms with van der Waals surface area (Å²) >= 11 is 0. The molecule has 2 N–H and O–H groups in total. The van der Waals surface area contributed by atoms with Gasteiger partial charge in [-0.3, -0.25) is 9.97 Å². The third kappa shape index (κ3) is 7.34. The Morgan fingerprint density at radius 2 is 1.49 bits per heavy atom. The highest BCUT2D eigenvalue weighted by molar-refractivity contribution is 5.55. The molecule has 0 radical (unpaired) electrons. The zero-order valence-corrected chi connectivity index (χ0v) is 28.9. The molecule has 13 nitrogen and oxygen atoms in total. The molecular weight excluding hydrogens is 624 g/mol. The first-order valence-electron chi connectivity index (χ1n) is 17.6. The second-order valence-electron chi connectivity index (χ2n) is 15.6. The summed E-state index contributed by atoms with van der Waals surface area (Å²) in [5, 5.41) is 8.15. The normalized spacial score (nSPS) is 21.9. The fourth-order valence-electron chi connectivity index (χ4n) is 6.04. The summed E-state index contributed by atoms with van der Waals surface area (Å²) in [6, 6.07) is 3.92. The number of rotatable bonds is 10. The van der Waals surface area contributed by atoms with E-state index in [2.05, 4.69) is 63.0 Å². The largest absolute Gasteiger partial charge is 0.493 e. The van der Waals surface area contributed by atoms with Crippen LogP contribution in [0.5, 0.6) is 11.5 Å². The Bertz CT molecular complexity index is 1780. The quantitative estimate of drug-likeness (QED) is 0.229. The first kappa shape index (κ1) is 32.3. The van der Waals surface area contributed by atoms with E-state index in [-0.39, 0.29) is 11.5 Å². The monoisotopic (exact) mass is 670 g/mol. The molecule has 3 aliphatic carbocycles. The lowest BCUT2D eigenvalue weighted by molar-refractivity contribution is -0.0714. The van der Waals surface area contributed by atoms with Crippen LogP contribution in [0.3, 0.4) is 0 Å². The highest BCUT2D eigenvalue weighted by atomic mass is 16.5. The molecule has 0 amide bonds. The first-order valence-corrected chi connectivity index (χ1v) is 17.6. The molecule has 4 aromatic heterocycles. The minimum atomic E-state index is -0.662. The van der Waals surface area contributed by atoms with Gasteiger partial charge in [-0.05, 0) is 69.7 Å². The van der Waals surface area contributed by atoms with Crippen LogP contribution in [0.15, 0.2) is 33.6 Å². The van der Waals surface area contributed by atoms with Crippen LogP contribution in [-0.2, 0) is 15.7 Å². The minimum absolute atomic E-state index is 0.174. The number of hydrogen-bond donors (Lipinski definition) is 1. The molecule has 6 heterocycles. The van der Waals surface area contributed by atoms with E-state index in [0.29, 0.717) is 65.8 Å². The molecule has 0 spiro atoms. The van der Waals surface area contributed by atoms with Crippen molar-refractivity contribution in [3.05, 3.63) is 47.4 Å². The molecular formula is C36H46N8O5. The van der Waals surface area contributed by atoms with E-state index in [9.17, 15) is 0 Å². The summed E-state index contributed by atoms with van der Waals surface area (Å²) in [6.07, 6.45) is 12.5. The molecule has 0 aromatic carbocycles. The molecule has 5 aliphatic rings. The van der Waals surface area contributed by atoms with E-state index in [1.54, 1.807) is 0 Å². The smallest absolute Gasteiger partial charge is 0.251 e. The molecule has 0 bridgehead atoms. The molecule has 5 fully saturated rings. The van der Waals surface area contributed by atoms with E-state index < -0.39 is 5.54 Å². The summed E-state index contributed by atoms with van der Waals surface area (Å²) < 4.78 is 28.3. The van der Waals surface area contributed by atoms with E-state index in [1.165, 1.54) is 49.7 Å². The zero-order valence-electron chi connectivity index (χ0n) is 28.9. The lowest BCUT2D eigenvalue weighted by Gasteiger charge is -2.33. The van der Waals surface area contributed by atoms with Crippen molar-refractivity contribution in [1.82, 2.24) is 35.1 Å². The number of hydrogen-bond acceptors (Lipinski definition) is 13. The van der Waals surface area contributed by atoms with Crippen molar-refractivity contribution in [2.75, 3.05) is 40.0 Å². The Morgan fingerprint density at radius 1 is 0.857 bits per heavy atom. The molecule has 4 aromatic rings. The number of pyridine rings is 2. The van der Waals surface area contributed by atoms with Crippen LogP contribution in [0, 0.1) is 5.92 Å². The average molecular weight is 671 g/mol. The van der Waals surface area contributed by atoms with Crippen LogP contribution >= 0.6 is 0 Å². The molecule has 49 heavy (non-hydrogen) atoms. The van der Waals surface area contributed by atoms with Crippen LogP contribution in [0.2, 0.25) is 0 Å². The number of nitrogens with zero attached hydrogens (tertiary/aromatic N) is 7. The van der Waals surface area contributed by atoms with Crippen molar-refractivity contribution in [1.29, 1.82) is 0 Å². The van der Waals surface area contributed by atoms with Crippen LogP contribution in [0.1, 0.15) is 100 Å². The lowest BCUT2D eigenvalue weighted by Crippen LogP contribution is -2.54. The van der Waals surface area contributed by atoms with Crippen molar-refractivity contribution in [3.8, 4) is 34.5 Å². The second kappa shape index (κ2) is 12.7. The maximum Gasteiger partial charge on any atom is 0.251 e. The summed E-state index contributed by atoms with van der Waals surface area (Å²) in [5.41, 5.74) is 9.09. The van der Waals surface area contributed by atoms with Crippen molar-refractivity contribution < 1.29 is 23.3 Å². The SMILES string of the molecule is CN1CCC(Oc2cc(-c3noc(C(C)(C)C)n3)ncc2C2CC2)C1.NC1(c2nc(-c3cc(OCC4CC4)c(C4CC4)cn3)no2)COC1. The van der Waals surface area contributed by atoms with Gasteiger partial charge < -0.3 is 33.9 Å². The van der Waals surface area contributed by atoms with Gasteiger partial charge in [0, 0.05) is 54.2 Å². The van der Waals surface area contributed by atoms with E-state index >= 15 is 0 Å². The van der Waals surface area contributed by atoms with Gasteiger partial charge in [-0.1, -0.05) is 31.1 Å². The summed E-state index contributed by atoms with van der Waals surface area (Å²) in [6.45, 7) is 9.80. The Kier molecular flexibility index (Phi) is 8.40. The molecule has 9 rings (SSSR count). The van der Waals surface area contributed by atoms with Crippen LogP contribution < -0.4 is 15.2 Å². The van der Waals surface area contributed by atoms with E-state index in [1.807, 2.05) is 24.5 Å². The summed E-state index contributed by atoms with van der Waals surface area (Å²) in [7, 11) is 2.14. The van der Waals surface area contributed by atoms with Gasteiger partial charge in [0.25, 0.3) is 5.89 Å². The van der Waals surface area contributed by atoms with Gasteiger partial charge in [-0.2, -0.15) is 9.97 Å². The van der Waals surface area contributed by atoms with Crippen molar-refractivity contribution in [2.24, 2.45) is 11.7 Å². The van der Waals surface area contributed by atoms with E-state index in [0.717, 1.165) is 37.6 Å². The summed E-state index contributed by atoms with van der Waals surface area (Å²) in [5.74, 6) is 5.73. The lowest BCUT2D eigenvalue weighted by atomic mass is 9.97. The number of likely N-dealkylation sites (N-methyl/N-ethyl adjacent to an activating group) is 1. The fraction of sp³-hybridized carbons (Fsp3) is 0.611. The molecule has 1 unspecified atom stereocenters. The Morgan fingerprint density at radius 3 is 2.04 bits per heavy atom. The maximum absolute atomic E-state index is 6.35. The minimum Gasteiger partial charge on any atom is -0.493 e. The van der Waals surface area contributed by atoms with Gasteiger partial charge in [-0.15, -0.1) is 0 Å². The number of nitrogens with two attached hydrogens (primary N) is 1. The zero-order chi connectivity index (χ0) is 33.8. The fourth-order valence-corrected chi connectivity index (χ4v) is 6.04. The topological polar surface area (TPSA) is 161 Å². The van der Waals surface area contributed by atoms with Crippen molar-refractivity contribution in [2.45, 2.75) is 94.6 Å². The second-order valence-corrected chi connectivity index (χ2v) is 15.6. The van der Waals surface area contributed by atoms with Crippen LogP contribution in [0.4, 0.5) is 0 Å². The molecule has 3 saturated carbocycles. The molecule has 2 saturated heterocycles. The van der Waals surface area contributed by atoms with Crippen LogP contribution in [0.25, 0.3) is 23.0 Å². The molecule has 13 heteroatoms. The highest BCUT2D eigenvalue weighted by Crippen LogP contribution is 2.46.